The highest BCUT2D eigenvalue weighted by Crippen LogP contribution is 1.96. The van der Waals surface area contributed by atoms with Crippen LogP contribution in [0.2, 0.25) is 0 Å². The first kappa shape index (κ1) is 15.1. The molecular weight excluding hydrogens is 209 g/mol. The van der Waals surface area contributed by atoms with E-state index < -0.39 is 0 Å². The molecule has 0 spiro atoms. The Hall–Kier alpha value is -0.380. The summed E-state index contributed by atoms with van der Waals surface area (Å²) in [4.78, 5) is 8.30. The van der Waals surface area contributed by atoms with Crippen LogP contribution in [-0.2, 0) is 13.0 Å². The smallest absolute Gasteiger partial charge is 0.128 e. The van der Waals surface area contributed by atoms with E-state index in [1.165, 1.54) is 0 Å². The third-order valence-electron chi connectivity index (χ3n) is 1.47. The number of nitrogens with zero attached hydrogens (tertiary/aromatic N) is 2. The fourth-order valence-corrected chi connectivity index (χ4v) is 0.840. The van der Waals surface area contributed by atoms with Gasteiger partial charge in [-0.05, 0) is 6.42 Å². The lowest BCUT2D eigenvalue weighted by molar-refractivity contribution is 0.823. The molecule has 0 aliphatic heterocycles. The molecule has 0 saturated heterocycles. The predicted octanol–water partition coefficient (Wildman–Crippen LogP) is 1.73. The van der Waals surface area contributed by atoms with Gasteiger partial charge in [-0.25, -0.2) is 9.97 Å². The maximum Gasteiger partial charge on any atom is 0.128 e. The van der Waals surface area contributed by atoms with E-state index in [0.717, 1.165) is 24.2 Å². The summed E-state index contributed by atoms with van der Waals surface area (Å²) in [6, 6.07) is 0. The van der Waals surface area contributed by atoms with Crippen molar-refractivity contribution in [3.05, 3.63) is 23.8 Å². The van der Waals surface area contributed by atoms with Gasteiger partial charge < -0.3 is 5.73 Å². The molecule has 3 nitrogen and oxygen atoms in total. The number of hydrogen-bond donors (Lipinski definition) is 1. The quantitative estimate of drug-likeness (QED) is 0.850. The van der Waals surface area contributed by atoms with Crippen LogP contribution in [0.3, 0.4) is 0 Å². The molecule has 0 amide bonds. The van der Waals surface area contributed by atoms with E-state index in [1.807, 2.05) is 0 Å². The maximum absolute atomic E-state index is 5.39. The van der Waals surface area contributed by atoms with Gasteiger partial charge in [0.25, 0.3) is 0 Å². The third kappa shape index (κ3) is 5.03. The fraction of sp³-hybridized carbons (Fsp3) is 0.500. The summed E-state index contributed by atoms with van der Waals surface area (Å²) in [6.45, 7) is 2.63. The summed E-state index contributed by atoms with van der Waals surface area (Å²) in [5, 5.41) is 0. The van der Waals surface area contributed by atoms with Gasteiger partial charge in [0.1, 0.15) is 5.82 Å². The molecule has 0 bridgehead atoms. The largest absolute Gasteiger partial charge is 0.326 e. The molecule has 2 N–H and O–H groups in total. The summed E-state index contributed by atoms with van der Waals surface area (Å²) < 4.78 is 0. The average Bonchev–Trinajstić information content (AvgIpc) is 2.07. The molecule has 1 heterocycles. The van der Waals surface area contributed by atoms with Crippen LogP contribution in [0.1, 0.15) is 24.7 Å². The first-order chi connectivity index (χ1) is 5.36. The van der Waals surface area contributed by atoms with E-state index in [-0.39, 0.29) is 24.8 Å². The minimum Gasteiger partial charge on any atom is -0.326 e. The monoisotopic (exact) mass is 223 g/mol. The Labute approximate surface area is 91.0 Å². The zero-order valence-corrected chi connectivity index (χ0v) is 9.20. The van der Waals surface area contributed by atoms with Crippen molar-refractivity contribution in [2.24, 2.45) is 5.73 Å². The molecule has 13 heavy (non-hydrogen) atoms. The molecule has 76 valence electrons. The van der Waals surface area contributed by atoms with Crippen molar-refractivity contribution < 1.29 is 0 Å². The molecule has 1 aromatic rings. The van der Waals surface area contributed by atoms with Gasteiger partial charge in [0.2, 0.25) is 0 Å². The second-order valence-electron chi connectivity index (χ2n) is 2.46. The number of rotatable bonds is 3. The molecule has 0 aliphatic rings. The molecule has 0 fully saturated rings. The summed E-state index contributed by atoms with van der Waals surface area (Å²) in [5.74, 6) is 0.907. The van der Waals surface area contributed by atoms with E-state index in [0.29, 0.717) is 6.54 Å². The van der Waals surface area contributed by atoms with Crippen LogP contribution in [0.4, 0.5) is 0 Å². The van der Waals surface area contributed by atoms with Gasteiger partial charge >= 0.3 is 0 Å². The van der Waals surface area contributed by atoms with Gasteiger partial charge in [-0.15, -0.1) is 24.8 Å². The molecule has 5 heteroatoms. The van der Waals surface area contributed by atoms with Crippen LogP contribution in [-0.4, -0.2) is 9.97 Å². The number of aromatic nitrogens is 2. The van der Waals surface area contributed by atoms with Crippen LogP contribution in [0, 0.1) is 0 Å². The Kier molecular flexibility index (Phi) is 9.56. The van der Waals surface area contributed by atoms with Crippen LogP contribution in [0.15, 0.2) is 12.4 Å². The van der Waals surface area contributed by atoms with Gasteiger partial charge in [-0.3, -0.25) is 0 Å². The summed E-state index contributed by atoms with van der Waals surface area (Å²) in [7, 11) is 0. The van der Waals surface area contributed by atoms with Crippen molar-refractivity contribution in [3.8, 4) is 0 Å². The maximum atomic E-state index is 5.39. The first-order valence-electron chi connectivity index (χ1n) is 3.86. The molecule has 1 rings (SSSR count). The van der Waals surface area contributed by atoms with Crippen molar-refractivity contribution in [3.63, 3.8) is 0 Å². The zero-order chi connectivity index (χ0) is 8.10. The number of nitrogens with two attached hydrogens (primary N) is 1. The van der Waals surface area contributed by atoms with Crippen molar-refractivity contribution in [1.82, 2.24) is 9.97 Å². The lowest BCUT2D eigenvalue weighted by Crippen LogP contribution is -2.00. The molecule has 0 aliphatic carbocycles. The topological polar surface area (TPSA) is 51.8 Å². The Balaban J connectivity index is 0. The SMILES string of the molecule is CCCc1ncc(CN)cn1.Cl.Cl. The molecule has 0 atom stereocenters. The van der Waals surface area contributed by atoms with Crippen molar-refractivity contribution in [2.45, 2.75) is 26.3 Å². The summed E-state index contributed by atoms with van der Waals surface area (Å²) in [5.41, 5.74) is 6.38. The highest BCUT2D eigenvalue weighted by molar-refractivity contribution is 5.85. The van der Waals surface area contributed by atoms with Crippen LogP contribution < -0.4 is 5.73 Å². The lowest BCUT2D eigenvalue weighted by atomic mass is 10.3. The third-order valence-corrected chi connectivity index (χ3v) is 1.47. The fourth-order valence-electron chi connectivity index (χ4n) is 0.840. The van der Waals surface area contributed by atoms with Crippen molar-refractivity contribution >= 4 is 24.8 Å². The van der Waals surface area contributed by atoms with Gasteiger partial charge in [0.15, 0.2) is 0 Å². The van der Waals surface area contributed by atoms with Crippen molar-refractivity contribution in [1.29, 1.82) is 0 Å². The van der Waals surface area contributed by atoms with Crippen LogP contribution >= 0.6 is 24.8 Å². The second kappa shape index (κ2) is 8.23. The number of halogens is 2. The van der Waals surface area contributed by atoms with Gasteiger partial charge in [0.05, 0.1) is 0 Å². The number of hydrogen-bond acceptors (Lipinski definition) is 3. The van der Waals surface area contributed by atoms with Gasteiger partial charge in [0, 0.05) is 30.9 Å². The summed E-state index contributed by atoms with van der Waals surface area (Å²) >= 11 is 0. The van der Waals surface area contributed by atoms with E-state index in [2.05, 4.69) is 16.9 Å². The summed E-state index contributed by atoms with van der Waals surface area (Å²) in [6.07, 6.45) is 5.61. The van der Waals surface area contributed by atoms with E-state index in [1.54, 1.807) is 12.4 Å². The average molecular weight is 224 g/mol. The molecular formula is C8H15Cl2N3. The van der Waals surface area contributed by atoms with E-state index >= 15 is 0 Å². The molecule has 1 aromatic heterocycles. The Bertz CT molecular complexity index is 213. The minimum atomic E-state index is 0. The van der Waals surface area contributed by atoms with Gasteiger partial charge in [-0.1, -0.05) is 6.92 Å². The van der Waals surface area contributed by atoms with E-state index in [9.17, 15) is 0 Å². The minimum absolute atomic E-state index is 0. The Morgan fingerprint density at radius 3 is 2.15 bits per heavy atom. The predicted molar refractivity (Wildman–Crippen MR) is 58.4 cm³/mol. The second-order valence-corrected chi connectivity index (χ2v) is 2.46. The highest BCUT2D eigenvalue weighted by Gasteiger charge is 1.93. The molecule has 0 saturated carbocycles. The Morgan fingerprint density at radius 1 is 1.23 bits per heavy atom. The highest BCUT2D eigenvalue weighted by atomic mass is 35.5. The zero-order valence-electron chi connectivity index (χ0n) is 7.56. The van der Waals surface area contributed by atoms with E-state index in [4.69, 9.17) is 5.73 Å². The Morgan fingerprint density at radius 2 is 1.77 bits per heavy atom. The normalized spacial score (nSPS) is 8.46. The van der Waals surface area contributed by atoms with Crippen molar-refractivity contribution in [2.75, 3.05) is 0 Å². The molecule has 0 aromatic carbocycles. The standard InChI is InChI=1S/C8H13N3.2ClH/c1-2-3-8-10-5-7(4-9)6-11-8;;/h5-6H,2-4,9H2,1H3;2*1H. The lowest BCUT2D eigenvalue weighted by Gasteiger charge is -1.97. The van der Waals surface area contributed by atoms with Gasteiger partial charge in [-0.2, -0.15) is 0 Å². The first-order valence-corrected chi connectivity index (χ1v) is 3.86. The van der Waals surface area contributed by atoms with Crippen LogP contribution in [0.25, 0.3) is 0 Å². The number of aryl methyl sites for hydroxylation is 1. The van der Waals surface area contributed by atoms with Crippen LogP contribution in [0.5, 0.6) is 0 Å². The molecule has 0 radical (unpaired) electrons. The molecule has 0 unspecified atom stereocenters.